The molecular formula is C38H36Cl2N8O6S2. The summed E-state index contributed by atoms with van der Waals surface area (Å²) in [5.74, 6) is -2.74. The summed E-state index contributed by atoms with van der Waals surface area (Å²) in [5.41, 5.74) is 7.14. The van der Waals surface area contributed by atoms with E-state index in [9.17, 15) is 24.3 Å². The molecule has 0 radical (unpaired) electrons. The molecule has 3 fully saturated rings. The molecule has 14 nitrogen and oxygen atoms in total. The van der Waals surface area contributed by atoms with E-state index in [0.29, 0.717) is 24.1 Å². The van der Waals surface area contributed by atoms with Gasteiger partial charge in [-0.15, -0.1) is 36.6 Å². The van der Waals surface area contributed by atoms with E-state index in [4.69, 9.17) is 10.6 Å². The highest BCUT2D eigenvalue weighted by Gasteiger charge is 2.54. The number of nitrogens with one attached hydrogen (secondary N) is 2. The SMILES string of the molecule is Cl.Cl.Nc1nc(/C(=N/OC(c2ccccc2)(c2ccccc2)c2ccccc2)C(=O)N[C@@H]2C(=O)N3C(C(=O)O)=C(/C=C4\CCN(C5CNC5)C4=O)CS[C@H]23)ns1. The molecule has 0 unspecified atom stereocenters. The molecule has 3 aromatic carbocycles. The van der Waals surface area contributed by atoms with Crippen molar-refractivity contribution in [2.45, 2.75) is 29.5 Å². The summed E-state index contributed by atoms with van der Waals surface area (Å²) in [6.07, 6.45) is 2.10. The number of carbonyl (C=O) groups excluding carboxylic acids is 3. The smallest absolute Gasteiger partial charge is 0.352 e. The Kier molecular flexibility index (Phi) is 12.2. The molecule has 0 bridgehead atoms. The molecule has 2 atom stereocenters. The van der Waals surface area contributed by atoms with Gasteiger partial charge in [0.2, 0.25) is 23.0 Å². The lowest BCUT2D eigenvalue weighted by atomic mass is 9.80. The van der Waals surface area contributed by atoms with Gasteiger partial charge in [-0.3, -0.25) is 19.3 Å². The highest BCUT2D eigenvalue weighted by atomic mass is 35.5. The Morgan fingerprint density at radius 3 is 2.05 bits per heavy atom. The number of allylic oxidation sites excluding steroid dienone is 1. The first kappa shape index (κ1) is 40.4. The van der Waals surface area contributed by atoms with Crippen LogP contribution in [0, 0.1) is 0 Å². The number of nitrogens with two attached hydrogens (primary N) is 1. The second-order valence-electron chi connectivity index (χ2n) is 13.0. The average Bonchev–Trinajstić information content (AvgIpc) is 3.76. The van der Waals surface area contributed by atoms with Crippen LogP contribution in [0.3, 0.4) is 0 Å². The fourth-order valence-corrected chi connectivity index (χ4v) is 8.83. The molecule has 4 aromatic rings. The van der Waals surface area contributed by atoms with Crippen LogP contribution in [0.25, 0.3) is 0 Å². The fraction of sp³-hybridized carbons (Fsp3) is 0.237. The number of carbonyl (C=O) groups is 4. The summed E-state index contributed by atoms with van der Waals surface area (Å²) in [6, 6.07) is 27.4. The van der Waals surface area contributed by atoms with Gasteiger partial charge < -0.3 is 31.2 Å². The predicted octanol–water partition coefficient (Wildman–Crippen LogP) is 3.55. The van der Waals surface area contributed by atoms with Gasteiger partial charge in [-0.25, -0.2) is 4.79 Å². The number of anilines is 1. The summed E-state index contributed by atoms with van der Waals surface area (Å²) in [5, 5.41) is 20.0. The molecule has 1 aromatic heterocycles. The van der Waals surface area contributed by atoms with E-state index in [0.717, 1.165) is 41.3 Å². The quantitative estimate of drug-likeness (QED) is 0.0568. The molecule has 0 saturated carbocycles. The Hall–Kier alpha value is -5.26. The van der Waals surface area contributed by atoms with Crippen LogP contribution in [0.5, 0.6) is 0 Å². The van der Waals surface area contributed by atoms with Gasteiger partial charge in [0.25, 0.3) is 11.8 Å². The van der Waals surface area contributed by atoms with Gasteiger partial charge in [0.1, 0.15) is 17.1 Å². The molecule has 4 aliphatic heterocycles. The van der Waals surface area contributed by atoms with Gasteiger partial charge >= 0.3 is 5.97 Å². The number of aromatic nitrogens is 2. The molecule has 5 N–H and O–H groups in total. The number of amides is 3. The fourth-order valence-electron chi connectivity index (χ4n) is 7.09. The normalized spacial score (nSPS) is 20.4. The van der Waals surface area contributed by atoms with E-state index in [2.05, 4.69) is 25.1 Å². The number of rotatable bonds is 11. The first-order chi connectivity index (χ1) is 26.3. The van der Waals surface area contributed by atoms with Crippen molar-refractivity contribution >= 4 is 82.6 Å². The molecule has 18 heteroatoms. The van der Waals surface area contributed by atoms with Crippen LogP contribution >= 0.6 is 48.1 Å². The van der Waals surface area contributed by atoms with Crippen molar-refractivity contribution in [3.05, 3.63) is 136 Å². The van der Waals surface area contributed by atoms with Crippen molar-refractivity contribution in [2.24, 2.45) is 5.16 Å². The minimum absolute atomic E-state index is 0. The van der Waals surface area contributed by atoms with E-state index in [1.165, 1.54) is 16.7 Å². The van der Waals surface area contributed by atoms with Crippen LogP contribution in [0.2, 0.25) is 0 Å². The monoisotopic (exact) mass is 834 g/mol. The number of likely N-dealkylation sites (tertiary alicyclic amines) is 1. The highest BCUT2D eigenvalue weighted by Crippen LogP contribution is 2.43. The van der Waals surface area contributed by atoms with Crippen molar-refractivity contribution in [1.29, 1.82) is 0 Å². The number of nitrogens with zero attached hydrogens (tertiary/aromatic N) is 5. The first-order valence-electron chi connectivity index (χ1n) is 17.2. The van der Waals surface area contributed by atoms with Crippen LogP contribution in [0.15, 0.2) is 119 Å². The number of halogens is 2. The number of hydrogen-bond acceptors (Lipinski definition) is 12. The molecule has 4 aliphatic rings. The zero-order chi connectivity index (χ0) is 37.4. The molecule has 5 heterocycles. The second kappa shape index (κ2) is 16.9. The Labute approximate surface area is 342 Å². The summed E-state index contributed by atoms with van der Waals surface area (Å²) in [6.45, 7) is 2.02. The summed E-state index contributed by atoms with van der Waals surface area (Å²) in [4.78, 5) is 67.3. The van der Waals surface area contributed by atoms with Crippen molar-refractivity contribution < 1.29 is 29.1 Å². The first-order valence-corrected chi connectivity index (χ1v) is 19.0. The number of fused-ring (bicyclic) bond motifs is 1. The van der Waals surface area contributed by atoms with Gasteiger partial charge in [0.05, 0.1) is 6.04 Å². The number of β-lactam (4-membered cyclic amide) rings is 1. The Morgan fingerprint density at radius 1 is 0.964 bits per heavy atom. The van der Waals surface area contributed by atoms with Crippen LogP contribution in [-0.4, -0.2) is 96.5 Å². The number of hydrogen-bond donors (Lipinski definition) is 4. The molecule has 290 valence electrons. The van der Waals surface area contributed by atoms with Crippen LogP contribution in [-0.2, 0) is 29.6 Å². The Bertz CT molecular complexity index is 2120. The molecule has 8 rings (SSSR count). The molecular weight excluding hydrogens is 800 g/mol. The molecule has 3 amide bonds. The van der Waals surface area contributed by atoms with Crippen molar-refractivity contribution in [1.82, 2.24) is 29.8 Å². The van der Waals surface area contributed by atoms with Gasteiger partial charge in [0, 0.05) is 59.2 Å². The summed E-state index contributed by atoms with van der Waals surface area (Å²) < 4.78 is 4.24. The maximum absolute atomic E-state index is 14.2. The standard InChI is InChI=1S/C38H34N8O6S2.2ClH/c39-37-42-31(44-54-37)28(43-52-38(24-10-4-1-5-11-24,25-12-6-2-7-13-25)26-14-8-3-9-15-26)32(47)41-29-34(49)46-30(36(50)51)23(21-53-35(29)46)18-22-16-17-45(33(22)48)27-19-40-20-27;;/h1-15,18,27,29,35,40H,16-17,19-21H2,(H,41,47)(H,50,51)(H2,39,42,44);2*1H/b22-18+,43-28-;;/t29-,35-;;/m1../s1. The maximum Gasteiger partial charge on any atom is 0.352 e. The second-order valence-corrected chi connectivity index (χ2v) is 14.9. The summed E-state index contributed by atoms with van der Waals surface area (Å²) >= 11 is 2.16. The van der Waals surface area contributed by atoms with E-state index < -0.39 is 34.8 Å². The van der Waals surface area contributed by atoms with Crippen LogP contribution in [0.1, 0.15) is 28.9 Å². The third-order valence-electron chi connectivity index (χ3n) is 9.88. The van der Waals surface area contributed by atoms with Crippen molar-refractivity contribution in [3.63, 3.8) is 0 Å². The largest absolute Gasteiger partial charge is 0.477 e. The van der Waals surface area contributed by atoms with Gasteiger partial charge in [0.15, 0.2) is 5.13 Å². The van der Waals surface area contributed by atoms with Gasteiger partial charge in [-0.2, -0.15) is 9.36 Å². The third-order valence-corrected chi connectivity index (χ3v) is 11.7. The molecule has 0 spiro atoms. The predicted molar refractivity (Wildman–Crippen MR) is 216 cm³/mol. The summed E-state index contributed by atoms with van der Waals surface area (Å²) in [7, 11) is 0. The van der Waals surface area contributed by atoms with E-state index in [-0.39, 0.29) is 64.9 Å². The zero-order valence-electron chi connectivity index (χ0n) is 29.4. The average molecular weight is 836 g/mol. The number of carboxylic acids is 1. The minimum atomic E-state index is -1.34. The number of oxime groups is 1. The lowest BCUT2D eigenvalue weighted by molar-refractivity contribution is -0.150. The number of thioether (sulfide) groups is 1. The number of aliphatic carboxylic acids is 1. The number of benzene rings is 3. The lowest BCUT2D eigenvalue weighted by Gasteiger charge is -2.49. The maximum atomic E-state index is 14.2. The lowest BCUT2D eigenvalue weighted by Crippen LogP contribution is -2.71. The van der Waals surface area contributed by atoms with Crippen LogP contribution in [0.4, 0.5) is 5.13 Å². The number of nitrogen functional groups attached to an aromatic ring is 1. The Balaban J connectivity index is 0.00000266. The van der Waals surface area contributed by atoms with E-state index in [1.54, 1.807) is 11.0 Å². The van der Waals surface area contributed by atoms with Gasteiger partial charge in [-0.1, -0.05) is 96.2 Å². The molecule has 0 aliphatic carbocycles. The van der Waals surface area contributed by atoms with E-state index >= 15 is 0 Å². The van der Waals surface area contributed by atoms with E-state index in [1.807, 2.05) is 91.0 Å². The zero-order valence-corrected chi connectivity index (χ0v) is 32.7. The third kappa shape index (κ3) is 7.25. The minimum Gasteiger partial charge on any atom is -0.477 e. The van der Waals surface area contributed by atoms with Crippen LogP contribution < -0.4 is 16.4 Å². The topological polar surface area (TPSA) is 192 Å². The van der Waals surface area contributed by atoms with Crippen molar-refractivity contribution in [3.8, 4) is 0 Å². The molecule has 56 heavy (non-hydrogen) atoms. The number of carboxylic acid groups (broad SMARTS) is 1. The molecule has 3 saturated heterocycles. The van der Waals surface area contributed by atoms with Crippen molar-refractivity contribution in [2.75, 3.05) is 31.1 Å². The van der Waals surface area contributed by atoms with Gasteiger partial charge in [-0.05, 0) is 18.1 Å². The Morgan fingerprint density at radius 2 is 1.55 bits per heavy atom. The highest BCUT2D eigenvalue weighted by molar-refractivity contribution is 8.00.